The molecule has 0 bridgehead atoms. The smallest absolute Gasteiger partial charge is 0.210 e. The molecule has 2 aromatic carbocycles. The van der Waals surface area contributed by atoms with Crippen molar-refractivity contribution in [3.05, 3.63) is 59.7 Å². The van der Waals surface area contributed by atoms with Gasteiger partial charge in [-0.25, -0.2) is 0 Å². The highest BCUT2D eigenvalue weighted by molar-refractivity contribution is 7.99. The standard InChI is InChI=1S/C17H17NO2S/c1-20-14-7-8-15-16(11-14)21-10-9-18(12-19)17(15)13-5-3-2-4-6-13/h2-8,11-12,17H,9-10H2,1H3. The lowest BCUT2D eigenvalue weighted by Gasteiger charge is -2.27. The summed E-state index contributed by atoms with van der Waals surface area (Å²) in [6.07, 6.45) is 0.956. The van der Waals surface area contributed by atoms with Crippen molar-refractivity contribution in [2.45, 2.75) is 10.9 Å². The van der Waals surface area contributed by atoms with Crippen LogP contribution < -0.4 is 4.74 Å². The van der Waals surface area contributed by atoms with E-state index in [0.717, 1.165) is 35.6 Å². The molecule has 3 rings (SSSR count). The van der Waals surface area contributed by atoms with Crippen LogP contribution in [0, 0.1) is 0 Å². The SMILES string of the molecule is COc1ccc2c(c1)SCCN(C=O)C2c1ccccc1. The van der Waals surface area contributed by atoms with E-state index < -0.39 is 0 Å². The second-order valence-electron chi connectivity index (χ2n) is 4.91. The van der Waals surface area contributed by atoms with Crippen LogP contribution in [-0.4, -0.2) is 30.7 Å². The highest BCUT2D eigenvalue weighted by Gasteiger charge is 2.26. The Balaban J connectivity index is 2.12. The van der Waals surface area contributed by atoms with Crippen molar-refractivity contribution in [3.63, 3.8) is 0 Å². The zero-order valence-corrected chi connectivity index (χ0v) is 12.7. The molecule has 1 aliphatic heterocycles. The second-order valence-corrected chi connectivity index (χ2v) is 6.05. The average Bonchev–Trinajstić information content (AvgIpc) is 2.73. The van der Waals surface area contributed by atoms with Crippen molar-refractivity contribution in [1.29, 1.82) is 0 Å². The summed E-state index contributed by atoms with van der Waals surface area (Å²) in [5.74, 6) is 1.75. The number of rotatable bonds is 3. The third-order valence-electron chi connectivity index (χ3n) is 3.70. The molecular formula is C17H17NO2S. The number of amides is 1. The first-order valence-corrected chi connectivity index (χ1v) is 7.89. The Morgan fingerprint density at radius 2 is 2.05 bits per heavy atom. The normalized spacial score (nSPS) is 17.8. The number of carbonyl (C=O) groups is 1. The van der Waals surface area contributed by atoms with Gasteiger partial charge in [0.1, 0.15) is 5.75 Å². The molecule has 0 radical (unpaired) electrons. The van der Waals surface area contributed by atoms with Gasteiger partial charge in [-0.2, -0.15) is 0 Å². The number of thioether (sulfide) groups is 1. The molecule has 0 saturated heterocycles. The predicted octanol–water partition coefficient (Wildman–Crippen LogP) is 3.35. The molecule has 2 aromatic rings. The van der Waals surface area contributed by atoms with Crippen LogP contribution in [0.3, 0.4) is 0 Å². The van der Waals surface area contributed by atoms with Crippen LogP contribution in [0.15, 0.2) is 53.4 Å². The molecule has 0 fully saturated rings. The van der Waals surface area contributed by atoms with Gasteiger partial charge in [-0.3, -0.25) is 4.79 Å². The highest BCUT2D eigenvalue weighted by Crippen LogP contribution is 2.39. The van der Waals surface area contributed by atoms with E-state index in [1.165, 1.54) is 4.90 Å². The van der Waals surface area contributed by atoms with Crippen molar-refractivity contribution < 1.29 is 9.53 Å². The quantitative estimate of drug-likeness (QED) is 0.814. The summed E-state index contributed by atoms with van der Waals surface area (Å²) in [6, 6.07) is 16.2. The maximum atomic E-state index is 11.5. The molecular weight excluding hydrogens is 282 g/mol. The fourth-order valence-electron chi connectivity index (χ4n) is 2.68. The molecule has 108 valence electrons. The Morgan fingerprint density at radius 3 is 2.76 bits per heavy atom. The number of ether oxygens (including phenoxy) is 1. The summed E-state index contributed by atoms with van der Waals surface area (Å²) < 4.78 is 5.32. The van der Waals surface area contributed by atoms with Crippen LogP contribution in [-0.2, 0) is 4.79 Å². The fraction of sp³-hybridized carbons (Fsp3) is 0.235. The number of hydrogen-bond donors (Lipinski definition) is 0. The number of fused-ring (bicyclic) bond motifs is 1. The van der Waals surface area contributed by atoms with Crippen molar-refractivity contribution in [2.75, 3.05) is 19.4 Å². The molecule has 1 heterocycles. The Labute approximate surface area is 128 Å². The average molecular weight is 299 g/mol. The lowest BCUT2D eigenvalue weighted by Crippen LogP contribution is -2.29. The summed E-state index contributed by atoms with van der Waals surface area (Å²) in [5.41, 5.74) is 2.30. The number of carbonyl (C=O) groups excluding carboxylic acids is 1. The van der Waals surface area contributed by atoms with Crippen molar-refractivity contribution >= 4 is 18.2 Å². The summed E-state index contributed by atoms with van der Waals surface area (Å²) in [7, 11) is 1.68. The minimum Gasteiger partial charge on any atom is -0.497 e. The van der Waals surface area contributed by atoms with Gasteiger partial charge in [-0.05, 0) is 23.3 Å². The topological polar surface area (TPSA) is 29.5 Å². The fourth-order valence-corrected chi connectivity index (χ4v) is 3.75. The Morgan fingerprint density at radius 1 is 1.24 bits per heavy atom. The first kappa shape index (κ1) is 14.0. The van der Waals surface area contributed by atoms with E-state index >= 15 is 0 Å². The largest absolute Gasteiger partial charge is 0.497 e. The number of benzene rings is 2. The minimum atomic E-state index is -0.0281. The monoisotopic (exact) mass is 299 g/mol. The molecule has 0 N–H and O–H groups in total. The van der Waals surface area contributed by atoms with Gasteiger partial charge in [0.25, 0.3) is 0 Å². The minimum absolute atomic E-state index is 0.0281. The molecule has 3 nitrogen and oxygen atoms in total. The van der Waals surface area contributed by atoms with Crippen LogP contribution >= 0.6 is 11.8 Å². The van der Waals surface area contributed by atoms with Crippen molar-refractivity contribution in [1.82, 2.24) is 4.90 Å². The zero-order valence-electron chi connectivity index (χ0n) is 11.9. The van der Waals surface area contributed by atoms with Gasteiger partial charge in [0.15, 0.2) is 0 Å². The van der Waals surface area contributed by atoms with E-state index in [2.05, 4.69) is 24.3 Å². The predicted molar refractivity (Wildman–Crippen MR) is 84.8 cm³/mol. The van der Waals surface area contributed by atoms with E-state index in [4.69, 9.17) is 4.74 Å². The third kappa shape index (κ3) is 2.76. The van der Waals surface area contributed by atoms with Crippen LogP contribution in [0.5, 0.6) is 5.75 Å². The molecule has 0 saturated carbocycles. The molecule has 21 heavy (non-hydrogen) atoms. The maximum absolute atomic E-state index is 11.5. The molecule has 0 aromatic heterocycles. The maximum Gasteiger partial charge on any atom is 0.210 e. The molecule has 4 heteroatoms. The van der Waals surface area contributed by atoms with Gasteiger partial charge in [0.05, 0.1) is 13.2 Å². The van der Waals surface area contributed by atoms with Gasteiger partial charge >= 0.3 is 0 Å². The summed E-state index contributed by atoms with van der Waals surface area (Å²) >= 11 is 1.78. The Kier molecular flexibility index (Phi) is 4.15. The first-order chi connectivity index (χ1) is 10.3. The molecule has 1 aliphatic rings. The highest BCUT2D eigenvalue weighted by atomic mass is 32.2. The van der Waals surface area contributed by atoms with Crippen molar-refractivity contribution in [2.24, 2.45) is 0 Å². The number of methoxy groups -OCH3 is 1. The van der Waals surface area contributed by atoms with Gasteiger partial charge in [0, 0.05) is 17.2 Å². The third-order valence-corrected chi connectivity index (χ3v) is 4.76. The van der Waals surface area contributed by atoms with Crippen molar-refractivity contribution in [3.8, 4) is 5.75 Å². The number of nitrogens with zero attached hydrogens (tertiary/aromatic N) is 1. The van der Waals surface area contributed by atoms with E-state index in [-0.39, 0.29) is 6.04 Å². The zero-order chi connectivity index (χ0) is 14.7. The van der Waals surface area contributed by atoms with E-state index in [1.807, 2.05) is 29.2 Å². The molecule has 1 unspecified atom stereocenters. The van der Waals surface area contributed by atoms with Crippen LogP contribution in [0.2, 0.25) is 0 Å². The van der Waals surface area contributed by atoms with E-state index in [1.54, 1.807) is 18.9 Å². The van der Waals surface area contributed by atoms with Crippen LogP contribution in [0.4, 0.5) is 0 Å². The van der Waals surface area contributed by atoms with Gasteiger partial charge in [-0.15, -0.1) is 11.8 Å². The van der Waals surface area contributed by atoms with Gasteiger partial charge < -0.3 is 9.64 Å². The summed E-state index contributed by atoms with van der Waals surface area (Å²) in [5, 5.41) is 0. The molecule has 1 amide bonds. The Hall–Kier alpha value is -1.94. The lowest BCUT2D eigenvalue weighted by molar-refractivity contribution is -0.119. The number of hydrogen-bond acceptors (Lipinski definition) is 3. The summed E-state index contributed by atoms with van der Waals surface area (Å²) in [4.78, 5) is 14.6. The molecule has 0 spiro atoms. The molecule has 0 aliphatic carbocycles. The Bertz CT molecular complexity index is 630. The molecule has 1 atom stereocenters. The van der Waals surface area contributed by atoms with E-state index in [9.17, 15) is 4.79 Å². The second kappa shape index (κ2) is 6.22. The summed E-state index contributed by atoms with van der Waals surface area (Å²) in [6.45, 7) is 0.741. The van der Waals surface area contributed by atoms with E-state index in [0.29, 0.717) is 0 Å². The van der Waals surface area contributed by atoms with Crippen LogP contribution in [0.1, 0.15) is 17.2 Å². The van der Waals surface area contributed by atoms with Gasteiger partial charge in [-0.1, -0.05) is 36.4 Å². The lowest BCUT2D eigenvalue weighted by atomic mass is 9.97. The van der Waals surface area contributed by atoms with Gasteiger partial charge in [0.2, 0.25) is 6.41 Å². The first-order valence-electron chi connectivity index (χ1n) is 6.90. The van der Waals surface area contributed by atoms with Crippen LogP contribution in [0.25, 0.3) is 0 Å².